The van der Waals surface area contributed by atoms with Crippen LogP contribution in [0.15, 0.2) is 10.9 Å². The second kappa shape index (κ2) is 6.01. The molecule has 0 saturated carbocycles. The Balaban J connectivity index is 1.84. The van der Waals surface area contributed by atoms with Crippen LogP contribution in [0.25, 0.3) is 0 Å². The van der Waals surface area contributed by atoms with Crippen LogP contribution in [0, 0.1) is 17.3 Å². The quantitative estimate of drug-likeness (QED) is 0.697. The highest BCUT2D eigenvalue weighted by Crippen LogP contribution is 2.39. The number of carboxylic acid groups (broad SMARTS) is 1. The maximum atomic E-state index is 12.7. The molecule has 0 aliphatic carbocycles. The maximum Gasteiger partial charge on any atom is 0.345 e. The molecule has 3 rings (SSSR count). The largest absolute Gasteiger partial charge is 0.481 e. The summed E-state index contributed by atoms with van der Waals surface area (Å²) >= 11 is 0. The molecule has 1 aromatic heterocycles. The molecular formula is C16H22N4O4. The van der Waals surface area contributed by atoms with E-state index in [1.807, 2.05) is 13.8 Å². The molecule has 0 radical (unpaired) electrons. The zero-order chi connectivity index (χ0) is 17.5. The van der Waals surface area contributed by atoms with Gasteiger partial charge in [0.2, 0.25) is 0 Å². The zero-order valence-corrected chi connectivity index (χ0v) is 13.8. The van der Waals surface area contributed by atoms with Gasteiger partial charge in [-0.2, -0.15) is 4.98 Å². The van der Waals surface area contributed by atoms with E-state index in [9.17, 15) is 19.5 Å². The summed E-state index contributed by atoms with van der Waals surface area (Å²) in [6.07, 6.45) is 0.643. The van der Waals surface area contributed by atoms with Gasteiger partial charge in [0, 0.05) is 37.8 Å². The van der Waals surface area contributed by atoms with E-state index in [1.54, 1.807) is 6.07 Å². The molecular weight excluding hydrogens is 312 g/mol. The number of nitrogens with zero attached hydrogens (tertiary/aromatic N) is 2. The van der Waals surface area contributed by atoms with Gasteiger partial charge in [-0.3, -0.25) is 9.59 Å². The third kappa shape index (κ3) is 2.82. The number of aliphatic carboxylic acids is 1. The van der Waals surface area contributed by atoms with Crippen LogP contribution < -0.4 is 11.0 Å². The summed E-state index contributed by atoms with van der Waals surface area (Å²) in [5, 5.41) is 12.7. The van der Waals surface area contributed by atoms with E-state index >= 15 is 0 Å². The van der Waals surface area contributed by atoms with Crippen molar-refractivity contribution in [2.75, 3.05) is 26.2 Å². The number of hydrogen-bond acceptors (Lipinski definition) is 5. The van der Waals surface area contributed by atoms with Crippen LogP contribution >= 0.6 is 0 Å². The van der Waals surface area contributed by atoms with Crippen LogP contribution in [0.5, 0.6) is 0 Å². The fourth-order valence-corrected chi connectivity index (χ4v) is 3.71. The van der Waals surface area contributed by atoms with Crippen LogP contribution in [0.3, 0.4) is 0 Å². The van der Waals surface area contributed by atoms with E-state index in [4.69, 9.17) is 0 Å². The van der Waals surface area contributed by atoms with Crippen LogP contribution in [-0.2, 0) is 11.2 Å². The molecule has 2 saturated heterocycles. The summed E-state index contributed by atoms with van der Waals surface area (Å²) in [5.74, 6) is -1.04. The SMILES string of the molecule is CC(C)Cc1cc(C(=O)N2C[C@H]3CNC[C@@]3(C(=O)O)C2)nc(=O)[nH]1. The second-order valence-corrected chi connectivity index (χ2v) is 7.17. The number of carbonyl (C=O) groups is 2. The minimum atomic E-state index is -0.933. The Bertz CT molecular complexity index is 729. The number of carboxylic acids is 1. The predicted molar refractivity (Wildman–Crippen MR) is 85.7 cm³/mol. The van der Waals surface area contributed by atoms with Crippen LogP contribution in [-0.4, -0.2) is 58.0 Å². The highest BCUT2D eigenvalue weighted by atomic mass is 16.4. The molecule has 8 heteroatoms. The van der Waals surface area contributed by atoms with Gasteiger partial charge in [0.05, 0.1) is 0 Å². The molecule has 2 fully saturated rings. The van der Waals surface area contributed by atoms with Crippen molar-refractivity contribution in [2.24, 2.45) is 17.3 Å². The molecule has 0 bridgehead atoms. The van der Waals surface area contributed by atoms with Crippen molar-refractivity contribution < 1.29 is 14.7 Å². The first-order valence-corrected chi connectivity index (χ1v) is 8.15. The topological polar surface area (TPSA) is 115 Å². The fourth-order valence-electron chi connectivity index (χ4n) is 3.71. The molecule has 0 spiro atoms. The van der Waals surface area contributed by atoms with E-state index in [0.29, 0.717) is 37.7 Å². The van der Waals surface area contributed by atoms with Crippen molar-refractivity contribution in [1.29, 1.82) is 0 Å². The zero-order valence-electron chi connectivity index (χ0n) is 13.8. The monoisotopic (exact) mass is 334 g/mol. The van der Waals surface area contributed by atoms with Gasteiger partial charge in [-0.05, 0) is 18.4 Å². The lowest BCUT2D eigenvalue weighted by molar-refractivity contribution is -0.148. The molecule has 24 heavy (non-hydrogen) atoms. The molecule has 2 atom stereocenters. The van der Waals surface area contributed by atoms with Crippen LogP contribution in [0.4, 0.5) is 0 Å². The van der Waals surface area contributed by atoms with E-state index in [1.165, 1.54) is 4.90 Å². The summed E-state index contributed by atoms with van der Waals surface area (Å²) in [6.45, 7) is 5.49. The lowest BCUT2D eigenvalue weighted by atomic mass is 9.81. The predicted octanol–water partition coefficient (Wildman–Crippen LogP) is -0.285. The Morgan fingerprint density at radius 3 is 2.88 bits per heavy atom. The first-order valence-electron chi connectivity index (χ1n) is 8.15. The van der Waals surface area contributed by atoms with Crippen LogP contribution in [0.2, 0.25) is 0 Å². The molecule has 1 aromatic rings. The highest BCUT2D eigenvalue weighted by Gasteiger charge is 2.56. The number of hydrogen-bond donors (Lipinski definition) is 3. The van der Waals surface area contributed by atoms with Crippen molar-refractivity contribution in [3.63, 3.8) is 0 Å². The Labute approximate surface area is 139 Å². The number of H-pyrrole nitrogens is 1. The fraction of sp³-hybridized carbons (Fsp3) is 0.625. The van der Waals surface area contributed by atoms with Gasteiger partial charge in [-0.25, -0.2) is 4.79 Å². The van der Waals surface area contributed by atoms with Crippen LogP contribution in [0.1, 0.15) is 30.0 Å². The Morgan fingerprint density at radius 2 is 2.25 bits per heavy atom. The molecule has 1 amide bonds. The maximum absolute atomic E-state index is 12.7. The van der Waals surface area contributed by atoms with Gasteiger partial charge in [-0.1, -0.05) is 13.8 Å². The smallest absolute Gasteiger partial charge is 0.345 e. The Kier molecular flexibility index (Phi) is 4.16. The Morgan fingerprint density at radius 1 is 1.50 bits per heavy atom. The van der Waals surface area contributed by atoms with Crippen molar-refractivity contribution in [3.05, 3.63) is 27.9 Å². The lowest BCUT2D eigenvalue weighted by Crippen LogP contribution is -2.41. The highest BCUT2D eigenvalue weighted by molar-refractivity contribution is 5.93. The minimum absolute atomic E-state index is 0.0860. The lowest BCUT2D eigenvalue weighted by Gasteiger charge is -2.22. The summed E-state index contributed by atoms with van der Waals surface area (Å²) in [7, 11) is 0. The summed E-state index contributed by atoms with van der Waals surface area (Å²) in [6, 6.07) is 1.60. The normalized spacial score (nSPS) is 26.0. The third-order valence-electron chi connectivity index (χ3n) is 4.89. The summed E-state index contributed by atoms with van der Waals surface area (Å²) in [5.41, 5.74) is -0.729. The third-order valence-corrected chi connectivity index (χ3v) is 4.89. The molecule has 2 aliphatic rings. The van der Waals surface area contributed by atoms with Gasteiger partial charge in [0.25, 0.3) is 5.91 Å². The van der Waals surface area contributed by atoms with E-state index < -0.39 is 17.1 Å². The number of likely N-dealkylation sites (tertiary alicyclic amines) is 1. The van der Waals surface area contributed by atoms with E-state index in [2.05, 4.69) is 15.3 Å². The number of rotatable bonds is 4. The van der Waals surface area contributed by atoms with Gasteiger partial charge in [-0.15, -0.1) is 0 Å². The van der Waals surface area contributed by atoms with Crippen molar-refractivity contribution >= 4 is 11.9 Å². The number of amides is 1. The van der Waals surface area contributed by atoms with Gasteiger partial charge >= 0.3 is 11.7 Å². The molecule has 0 unspecified atom stereocenters. The average molecular weight is 334 g/mol. The van der Waals surface area contributed by atoms with Gasteiger partial charge in [0.1, 0.15) is 11.1 Å². The molecule has 2 aliphatic heterocycles. The average Bonchev–Trinajstić information content (AvgIpc) is 3.02. The molecule has 8 nitrogen and oxygen atoms in total. The summed E-state index contributed by atoms with van der Waals surface area (Å²) in [4.78, 5) is 44.1. The minimum Gasteiger partial charge on any atom is -0.481 e. The number of fused-ring (bicyclic) bond motifs is 1. The van der Waals surface area contributed by atoms with E-state index in [-0.39, 0.29) is 24.1 Å². The molecule has 0 aromatic carbocycles. The number of aromatic nitrogens is 2. The standard InChI is InChI=1S/C16H22N4O4/c1-9(2)3-11-4-12(19-15(24)18-11)13(21)20-6-10-5-17-7-16(10,8-20)14(22)23/h4,9-10,17H,3,5-8H2,1-2H3,(H,22,23)(H,18,19,24)/t10-,16-/m1/s1. The van der Waals surface area contributed by atoms with Crippen molar-refractivity contribution in [3.8, 4) is 0 Å². The summed E-state index contributed by atoms with van der Waals surface area (Å²) < 4.78 is 0. The first kappa shape index (κ1) is 16.6. The van der Waals surface area contributed by atoms with Gasteiger partial charge < -0.3 is 20.3 Å². The number of nitrogens with one attached hydrogen (secondary N) is 2. The Hall–Kier alpha value is -2.22. The number of aromatic amines is 1. The number of carbonyl (C=O) groups excluding carboxylic acids is 1. The molecule has 3 N–H and O–H groups in total. The van der Waals surface area contributed by atoms with Gasteiger partial charge in [0.15, 0.2) is 0 Å². The second-order valence-electron chi connectivity index (χ2n) is 7.17. The van der Waals surface area contributed by atoms with Crippen molar-refractivity contribution in [1.82, 2.24) is 20.2 Å². The first-order chi connectivity index (χ1) is 11.3. The molecule has 130 valence electrons. The van der Waals surface area contributed by atoms with Crippen molar-refractivity contribution in [2.45, 2.75) is 20.3 Å². The van der Waals surface area contributed by atoms with E-state index in [0.717, 1.165) is 0 Å². The molecule has 3 heterocycles.